The maximum Gasteiger partial charge on any atom is 0.136 e. The third-order valence-corrected chi connectivity index (χ3v) is 2.72. The molecule has 3 heteroatoms. The van der Waals surface area contributed by atoms with E-state index in [9.17, 15) is 0 Å². The normalized spacial score (nSPS) is 8.60. The molecule has 0 aromatic heterocycles. The number of benzene rings is 2. The first-order valence-electron chi connectivity index (χ1n) is 6.27. The number of nitrogens with zero attached hydrogens (tertiary/aromatic N) is 2. The van der Waals surface area contributed by atoms with Crippen molar-refractivity contribution in [1.82, 2.24) is 0 Å². The molecule has 0 heterocycles. The van der Waals surface area contributed by atoms with Crippen molar-refractivity contribution in [3.05, 3.63) is 65.2 Å². The fourth-order valence-corrected chi connectivity index (χ4v) is 1.55. The lowest BCUT2D eigenvalue weighted by Crippen LogP contribution is -1.85. The van der Waals surface area contributed by atoms with E-state index in [2.05, 4.69) is 13.0 Å². The van der Waals surface area contributed by atoms with Gasteiger partial charge in [-0.05, 0) is 36.2 Å². The van der Waals surface area contributed by atoms with E-state index in [1.54, 1.807) is 25.3 Å². The van der Waals surface area contributed by atoms with Crippen LogP contribution in [0.3, 0.4) is 0 Å². The van der Waals surface area contributed by atoms with E-state index in [0.717, 1.165) is 12.0 Å². The second-order valence-electron chi connectivity index (χ2n) is 3.97. The van der Waals surface area contributed by atoms with E-state index < -0.39 is 0 Å². The van der Waals surface area contributed by atoms with Gasteiger partial charge in [0.25, 0.3) is 0 Å². The smallest absolute Gasteiger partial charge is 0.136 e. The second-order valence-corrected chi connectivity index (χ2v) is 3.97. The summed E-state index contributed by atoms with van der Waals surface area (Å²) < 4.78 is 4.91. The number of para-hydroxylation sites is 1. The molecule has 2 aromatic carbocycles. The van der Waals surface area contributed by atoms with E-state index in [4.69, 9.17) is 15.3 Å². The fraction of sp³-hybridized carbons (Fsp3) is 0.176. The topological polar surface area (TPSA) is 56.8 Å². The van der Waals surface area contributed by atoms with Gasteiger partial charge < -0.3 is 4.74 Å². The van der Waals surface area contributed by atoms with Gasteiger partial charge in [-0.1, -0.05) is 31.2 Å². The molecule has 0 aliphatic heterocycles. The van der Waals surface area contributed by atoms with Crippen LogP contribution in [-0.4, -0.2) is 7.11 Å². The Morgan fingerprint density at radius 2 is 1.60 bits per heavy atom. The van der Waals surface area contributed by atoms with Gasteiger partial charge in [0.1, 0.15) is 11.8 Å². The predicted octanol–water partition coefficient (Wildman–Crippen LogP) is 3.69. The summed E-state index contributed by atoms with van der Waals surface area (Å²) >= 11 is 0. The Morgan fingerprint density at radius 3 is 2.05 bits per heavy atom. The average molecular weight is 264 g/mol. The van der Waals surface area contributed by atoms with Crippen molar-refractivity contribution in [1.29, 1.82) is 10.5 Å². The molecule has 100 valence electrons. The Bertz CT molecular complexity index is 619. The quantitative estimate of drug-likeness (QED) is 0.831. The molecule has 2 rings (SSSR count). The van der Waals surface area contributed by atoms with Gasteiger partial charge in [0, 0.05) is 0 Å². The number of rotatable bonds is 2. The lowest BCUT2D eigenvalue weighted by atomic mass is 10.1. The molecule has 20 heavy (non-hydrogen) atoms. The van der Waals surface area contributed by atoms with Crippen LogP contribution in [0.15, 0.2) is 48.5 Å². The van der Waals surface area contributed by atoms with Crippen LogP contribution in [-0.2, 0) is 6.42 Å². The molecule has 0 aliphatic rings. The van der Waals surface area contributed by atoms with Crippen LogP contribution >= 0.6 is 0 Å². The minimum Gasteiger partial charge on any atom is -0.495 e. The van der Waals surface area contributed by atoms with Crippen molar-refractivity contribution >= 4 is 0 Å². The zero-order chi connectivity index (χ0) is 14.8. The van der Waals surface area contributed by atoms with Crippen LogP contribution in [0.4, 0.5) is 0 Å². The first-order valence-corrected chi connectivity index (χ1v) is 6.27. The molecule has 0 radical (unpaired) electrons. The second kappa shape index (κ2) is 8.34. The number of aryl methyl sites for hydroxylation is 1. The molecule has 0 atom stereocenters. The van der Waals surface area contributed by atoms with Crippen molar-refractivity contribution in [2.45, 2.75) is 13.3 Å². The van der Waals surface area contributed by atoms with E-state index >= 15 is 0 Å². The number of methoxy groups -OCH3 is 1. The fourth-order valence-electron chi connectivity index (χ4n) is 1.55. The van der Waals surface area contributed by atoms with Crippen molar-refractivity contribution in [2.75, 3.05) is 7.11 Å². The van der Waals surface area contributed by atoms with Crippen LogP contribution < -0.4 is 4.74 Å². The van der Waals surface area contributed by atoms with Crippen LogP contribution in [0.25, 0.3) is 0 Å². The van der Waals surface area contributed by atoms with Crippen LogP contribution in [0.1, 0.15) is 23.6 Å². The Kier molecular flexibility index (Phi) is 6.37. The summed E-state index contributed by atoms with van der Waals surface area (Å²) in [6, 6.07) is 18.9. The molecule has 0 saturated heterocycles. The highest BCUT2D eigenvalue weighted by molar-refractivity contribution is 5.42. The first kappa shape index (κ1) is 15.3. The largest absolute Gasteiger partial charge is 0.495 e. The van der Waals surface area contributed by atoms with Gasteiger partial charge >= 0.3 is 0 Å². The molecule has 0 N–H and O–H groups in total. The Morgan fingerprint density at radius 1 is 0.950 bits per heavy atom. The van der Waals surface area contributed by atoms with E-state index in [0.29, 0.717) is 11.3 Å². The highest BCUT2D eigenvalue weighted by Gasteiger charge is 1.96. The van der Waals surface area contributed by atoms with Gasteiger partial charge in [-0.2, -0.15) is 10.5 Å². The number of ether oxygens (including phenoxy) is 1. The summed E-state index contributed by atoms with van der Waals surface area (Å²) in [5, 5.41) is 17.0. The molecule has 2 aromatic rings. The van der Waals surface area contributed by atoms with Crippen LogP contribution in [0, 0.1) is 22.7 Å². The predicted molar refractivity (Wildman–Crippen MR) is 78.2 cm³/mol. The maximum atomic E-state index is 8.52. The summed E-state index contributed by atoms with van der Waals surface area (Å²) in [7, 11) is 1.55. The SMILES string of the molecule is CCc1ccc(C#N)cc1.COc1ccccc1C#N. The average Bonchev–Trinajstić information content (AvgIpc) is 2.55. The highest BCUT2D eigenvalue weighted by atomic mass is 16.5. The van der Waals surface area contributed by atoms with Crippen LogP contribution in [0.5, 0.6) is 5.75 Å². The summed E-state index contributed by atoms with van der Waals surface area (Å²) in [6.07, 6.45) is 1.03. The third-order valence-electron chi connectivity index (χ3n) is 2.72. The van der Waals surface area contributed by atoms with E-state index in [-0.39, 0.29) is 0 Å². The van der Waals surface area contributed by atoms with E-state index in [1.165, 1.54) is 5.56 Å². The lowest BCUT2D eigenvalue weighted by Gasteiger charge is -1.98. The van der Waals surface area contributed by atoms with Crippen LogP contribution in [0.2, 0.25) is 0 Å². The molecule has 0 aliphatic carbocycles. The molecular formula is C17H16N2O. The molecule has 0 bridgehead atoms. The molecule has 0 amide bonds. The highest BCUT2D eigenvalue weighted by Crippen LogP contribution is 2.14. The first-order chi connectivity index (χ1) is 9.74. The zero-order valence-electron chi connectivity index (χ0n) is 11.6. The van der Waals surface area contributed by atoms with Gasteiger partial charge in [0.2, 0.25) is 0 Å². The van der Waals surface area contributed by atoms with Gasteiger partial charge in [0.05, 0.1) is 24.3 Å². The molecule has 0 fully saturated rings. The maximum absolute atomic E-state index is 8.52. The summed E-state index contributed by atoms with van der Waals surface area (Å²) in [4.78, 5) is 0. The van der Waals surface area contributed by atoms with Crippen molar-refractivity contribution in [2.24, 2.45) is 0 Å². The summed E-state index contributed by atoms with van der Waals surface area (Å²) in [5.74, 6) is 0.630. The minimum atomic E-state index is 0.574. The van der Waals surface area contributed by atoms with Gasteiger partial charge in [-0.25, -0.2) is 0 Å². The monoisotopic (exact) mass is 264 g/mol. The lowest BCUT2D eigenvalue weighted by molar-refractivity contribution is 0.413. The molecule has 0 spiro atoms. The van der Waals surface area contributed by atoms with Crippen molar-refractivity contribution < 1.29 is 4.74 Å². The summed E-state index contributed by atoms with van der Waals surface area (Å²) in [6.45, 7) is 2.10. The van der Waals surface area contributed by atoms with E-state index in [1.807, 2.05) is 36.4 Å². The minimum absolute atomic E-state index is 0.574. The number of hydrogen-bond acceptors (Lipinski definition) is 3. The Balaban J connectivity index is 0.000000200. The Labute approximate surface area is 119 Å². The zero-order valence-corrected chi connectivity index (χ0v) is 11.6. The van der Waals surface area contributed by atoms with Gasteiger partial charge in [-0.3, -0.25) is 0 Å². The van der Waals surface area contributed by atoms with Gasteiger partial charge in [0.15, 0.2) is 0 Å². The third kappa shape index (κ3) is 4.48. The summed E-state index contributed by atoms with van der Waals surface area (Å²) in [5.41, 5.74) is 2.58. The molecular weight excluding hydrogens is 248 g/mol. The van der Waals surface area contributed by atoms with Gasteiger partial charge in [-0.15, -0.1) is 0 Å². The molecule has 0 saturated carbocycles. The standard InChI is InChI=1S/C9H9N.C8H7NO/c1-2-8-3-5-9(7-10)6-4-8;1-10-8-5-3-2-4-7(8)6-9/h3-6H,2H2,1H3;2-5H,1H3. The molecule has 3 nitrogen and oxygen atoms in total. The Hall–Kier alpha value is -2.78. The van der Waals surface area contributed by atoms with Crippen molar-refractivity contribution in [3.63, 3.8) is 0 Å². The number of nitriles is 2. The number of hydrogen-bond donors (Lipinski definition) is 0. The van der Waals surface area contributed by atoms with Crippen molar-refractivity contribution in [3.8, 4) is 17.9 Å². The molecule has 0 unspecified atom stereocenters.